The number of unbranched alkanes of at least 4 members (excludes halogenated alkanes) is 6. The smallest absolute Gasteiger partial charge is 0.362 e. The van der Waals surface area contributed by atoms with Gasteiger partial charge in [0.1, 0.15) is 0 Å². The molecule has 0 aliphatic carbocycles. The van der Waals surface area contributed by atoms with Crippen molar-refractivity contribution in [1.29, 1.82) is 0 Å². The van der Waals surface area contributed by atoms with Crippen LogP contribution in [0.4, 0.5) is 26.3 Å². The number of benzene rings is 2. The van der Waals surface area contributed by atoms with E-state index >= 15 is 0 Å². The molecule has 4 N–H and O–H groups in total. The standard InChI is InChI=1S/2C15H19F3N2OS/c2*1-2-3-4-5-10-19-14(22)20-13(21)11-6-8-12(9-7-11)15(16,17)18/h2*6-9H,2-5,10H2,1H3,(H2,19,20,21,22). The fourth-order valence-electron chi connectivity index (χ4n) is 3.57. The maximum Gasteiger partial charge on any atom is 0.416 e. The number of hydrogen-bond donors (Lipinski definition) is 4. The molecule has 244 valence electrons. The van der Waals surface area contributed by atoms with Gasteiger partial charge in [0, 0.05) is 24.2 Å². The lowest BCUT2D eigenvalue weighted by molar-refractivity contribution is -0.138. The quantitative estimate of drug-likeness (QED) is 0.105. The average Bonchev–Trinajstić information content (AvgIpc) is 2.96. The summed E-state index contributed by atoms with van der Waals surface area (Å²) in [6.45, 7) is 5.54. The van der Waals surface area contributed by atoms with Crippen molar-refractivity contribution in [1.82, 2.24) is 21.3 Å². The second-order valence-electron chi connectivity index (χ2n) is 9.69. The van der Waals surface area contributed by atoms with Crippen LogP contribution in [0.1, 0.15) is 97.1 Å². The number of rotatable bonds is 12. The van der Waals surface area contributed by atoms with Crippen LogP contribution in [0.3, 0.4) is 0 Å². The van der Waals surface area contributed by atoms with Gasteiger partial charge >= 0.3 is 12.4 Å². The van der Waals surface area contributed by atoms with Gasteiger partial charge in [0.15, 0.2) is 10.2 Å². The van der Waals surface area contributed by atoms with Crippen LogP contribution >= 0.6 is 24.4 Å². The Morgan fingerprint density at radius 3 is 1.16 bits per heavy atom. The topological polar surface area (TPSA) is 82.3 Å². The molecule has 0 saturated carbocycles. The predicted molar refractivity (Wildman–Crippen MR) is 167 cm³/mol. The van der Waals surface area contributed by atoms with Crippen molar-refractivity contribution in [3.05, 3.63) is 70.8 Å². The van der Waals surface area contributed by atoms with E-state index in [4.69, 9.17) is 24.4 Å². The highest BCUT2D eigenvalue weighted by Crippen LogP contribution is 2.29. The van der Waals surface area contributed by atoms with Crippen LogP contribution < -0.4 is 21.3 Å². The van der Waals surface area contributed by atoms with Crippen LogP contribution in [0.5, 0.6) is 0 Å². The van der Waals surface area contributed by atoms with Crippen molar-refractivity contribution in [3.8, 4) is 0 Å². The maximum atomic E-state index is 12.4. The van der Waals surface area contributed by atoms with Crippen LogP contribution in [-0.2, 0) is 12.4 Å². The molecule has 0 fully saturated rings. The Morgan fingerprint density at radius 1 is 0.568 bits per heavy atom. The average molecular weight is 665 g/mol. The van der Waals surface area contributed by atoms with Crippen molar-refractivity contribution >= 4 is 46.5 Å². The first-order valence-corrected chi connectivity index (χ1v) is 15.0. The zero-order chi connectivity index (χ0) is 33.2. The van der Waals surface area contributed by atoms with Gasteiger partial charge in [0.2, 0.25) is 0 Å². The lowest BCUT2D eigenvalue weighted by Crippen LogP contribution is -2.39. The highest BCUT2D eigenvalue weighted by atomic mass is 32.1. The molecule has 14 heteroatoms. The molecule has 0 heterocycles. The minimum Gasteiger partial charge on any atom is -0.362 e. The van der Waals surface area contributed by atoms with Gasteiger partial charge in [0.25, 0.3) is 11.8 Å². The van der Waals surface area contributed by atoms with E-state index in [2.05, 4.69) is 35.1 Å². The Labute approximate surface area is 264 Å². The lowest BCUT2D eigenvalue weighted by atomic mass is 10.1. The molecular formula is C30H38F6N4O2S2. The van der Waals surface area contributed by atoms with Crippen LogP contribution in [0, 0.1) is 0 Å². The number of alkyl halides is 6. The van der Waals surface area contributed by atoms with Gasteiger partial charge in [0.05, 0.1) is 11.1 Å². The molecule has 6 nitrogen and oxygen atoms in total. The molecule has 2 rings (SSSR count). The van der Waals surface area contributed by atoms with Crippen molar-refractivity contribution < 1.29 is 35.9 Å². The second-order valence-corrected chi connectivity index (χ2v) is 10.5. The SMILES string of the molecule is CCCCCCNC(=S)NC(=O)c1ccc(C(F)(F)F)cc1.CCCCCCNC(=S)NC(=O)c1ccc(C(F)(F)F)cc1. The molecule has 0 spiro atoms. The largest absolute Gasteiger partial charge is 0.416 e. The summed E-state index contributed by atoms with van der Waals surface area (Å²) in [7, 11) is 0. The van der Waals surface area contributed by atoms with E-state index in [1.54, 1.807) is 0 Å². The molecule has 0 radical (unpaired) electrons. The summed E-state index contributed by atoms with van der Waals surface area (Å²) >= 11 is 9.94. The summed E-state index contributed by atoms with van der Waals surface area (Å²) in [5, 5.41) is 11.0. The number of halogens is 6. The first kappa shape index (κ1) is 38.8. The second kappa shape index (κ2) is 19.9. The van der Waals surface area contributed by atoms with Gasteiger partial charge in [-0.3, -0.25) is 20.2 Å². The van der Waals surface area contributed by atoms with E-state index in [1.807, 2.05) is 0 Å². The third kappa shape index (κ3) is 16.0. The molecule has 0 unspecified atom stereocenters. The summed E-state index contributed by atoms with van der Waals surface area (Å²) in [4.78, 5) is 23.7. The highest BCUT2D eigenvalue weighted by Gasteiger charge is 2.31. The Morgan fingerprint density at radius 2 is 0.886 bits per heavy atom. The number of nitrogens with one attached hydrogen (secondary N) is 4. The zero-order valence-corrected chi connectivity index (χ0v) is 26.2. The molecule has 0 aliphatic heterocycles. The van der Waals surface area contributed by atoms with E-state index in [0.717, 1.165) is 99.9 Å². The Balaban J connectivity index is 0.000000440. The summed E-state index contributed by atoms with van der Waals surface area (Å²) in [5.41, 5.74) is -1.33. The summed E-state index contributed by atoms with van der Waals surface area (Å²) < 4.78 is 74.6. The van der Waals surface area contributed by atoms with E-state index in [9.17, 15) is 35.9 Å². The summed E-state index contributed by atoms with van der Waals surface area (Å²) in [6, 6.07) is 7.99. The van der Waals surface area contributed by atoms with Crippen LogP contribution in [0.25, 0.3) is 0 Å². The minimum absolute atomic E-state index is 0.128. The van der Waals surface area contributed by atoms with Crippen molar-refractivity contribution in [2.45, 2.75) is 77.6 Å². The molecule has 0 atom stereocenters. The maximum absolute atomic E-state index is 12.4. The Bertz CT molecular complexity index is 1090. The molecule has 0 aromatic heterocycles. The molecule has 2 aromatic rings. The lowest BCUT2D eigenvalue weighted by Gasteiger charge is -2.10. The summed E-state index contributed by atoms with van der Waals surface area (Å²) in [6.07, 6.45) is -0.205. The number of carbonyl (C=O) groups excluding carboxylic acids is 2. The minimum atomic E-state index is -4.41. The molecule has 0 saturated heterocycles. The third-order valence-corrected chi connectivity index (χ3v) is 6.53. The highest BCUT2D eigenvalue weighted by molar-refractivity contribution is 7.80. The van der Waals surface area contributed by atoms with Crippen molar-refractivity contribution in [3.63, 3.8) is 0 Å². The normalized spacial score (nSPS) is 11.1. The number of carbonyl (C=O) groups is 2. The predicted octanol–water partition coefficient (Wildman–Crippen LogP) is 7.78. The molecule has 44 heavy (non-hydrogen) atoms. The first-order chi connectivity index (χ1) is 20.7. The Hall–Kier alpha value is -3.26. The van der Waals surface area contributed by atoms with Gasteiger partial charge in [-0.15, -0.1) is 0 Å². The number of hydrogen-bond acceptors (Lipinski definition) is 4. The monoisotopic (exact) mass is 664 g/mol. The summed E-state index contributed by atoms with van der Waals surface area (Å²) in [5.74, 6) is -1.06. The number of thiocarbonyl (C=S) groups is 2. The van der Waals surface area contributed by atoms with E-state index < -0.39 is 35.3 Å². The van der Waals surface area contributed by atoms with Gasteiger partial charge < -0.3 is 10.6 Å². The molecule has 0 aliphatic rings. The van der Waals surface area contributed by atoms with E-state index in [0.29, 0.717) is 13.1 Å². The van der Waals surface area contributed by atoms with E-state index in [1.165, 1.54) is 0 Å². The fraction of sp³-hybridized carbons (Fsp3) is 0.467. The zero-order valence-electron chi connectivity index (χ0n) is 24.6. The van der Waals surface area contributed by atoms with Crippen LogP contribution in [0.15, 0.2) is 48.5 Å². The number of amides is 2. The van der Waals surface area contributed by atoms with Crippen LogP contribution in [-0.4, -0.2) is 35.1 Å². The van der Waals surface area contributed by atoms with Gasteiger partial charge in [-0.05, 0) is 85.8 Å². The Kier molecular flexibility index (Phi) is 17.5. The van der Waals surface area contributed by atoms with Crippen molar-refractivity contribution in [2.75, 3.05) is 13.1 Å². The molecule has 0 bridgehead atoms. The third-order valence-electron chi connectivity index (χ3n) is 6.03. The van der Waals surface area contributed by atoms with Gasteiger partial charge in [-0.25, -0.2) is 0 Å². The van der Waals surface area contributed by atoms with Crippen molar-refractivity contribution in [2.24, 2.45) is 0 Å². The van der Waals surface area contributed by atoms with Gasteiger partial charge in [-0.2, -0.15) is 26.3 Å². The molecule has 2 amide bonds. The first-order valence-electron chi connectivity index (χ1n) is 14.2. The molecule has 2 aromatic carbocycles. The molecular weight excluding hydrogens is 626 g/mol. The fourth-order valence-corrected chi connectivity index (χ4v) is 3.96. The van der Waals surface area contributed by atoms with E-state index in [-0.39, 0.29) is 21.4 Å². The van der Waals surface area contributed by atoms with Crippen LogP contribution in [0.2, 0.25) is 0 Å². The van der Waals surface area contributed by atoms with Gasteiger partial charge in [-0.1, -0.05) is 52.4 Å².